The van der Waals surface area contributed by atoms with E-state index in [1.54, 1.807) is 12.1 Å². The summed E-state index contributed by atoms with van der Waals surface area (Å²) in [6, 6.07) is 8.66. The van der Waals surface area contributed by atoms with Gasteiger partial charge in [0, 0.05) is 26.2 Å². The summed E-state index contributed by atoms with van der Waals surface area (Å²) in [5.74, 6) is 0. The highest BCUT2D eigenvalue weighted by Gasteiger charge is 2.34. The second kappa shape index (κ2) is 9.26. The lowest BCUT2D eigenvalue weighted by Gasteiger charge is -2.26. The van der Waals surface area contributed by atoms with Crippen LogP contribution < -0.4 is 0 Å². The molecule has 0 aliphatic carbocycles. The van der Waals surface area contributed by atoms with Gasteiger partial charge in [0.25, 0.3) is 0 Å². The van der Waals surface area contributed by atoms with Crippen molar-refractivity contribution in [3.8, 4) is 0 Å². The highest BCUT2D eigenvalue weighted by atomic mass is 32.2. The number of rotatable bonds is 4. The Morgan fingerprint density at radius 1 is 0.571 bits per heavy atom. The molecule has 2 aromatic rings. The molecule has 0 radical (unpaired) electrons. The monoisotopic (exact) mass is 538 g/mol. The van der Waals surface area contributed by atoms with Gasteiger partial charge in [0.05, 0.1) is 19.6 Å². The normalized spacial score (nSPS) is 21.6. The number of fused-ring (bicyclic) bond motifs is 2. The third kappa shape index (κ3) is 4.46. The zero-order valence-electron chi connectivity index (χ0n) is 19.5. The number of nitrogens with zero attached hydrogens (tertiary/aromatic N) is 2. The molecule has 2 fully saturated rings. The SMILES string of the molecule is O=S1(=O)c2cc(S(=O)(=O)N3CCCCC3)ccc2CCc2ccc(S(=O)(=O)N3CCCCC3)cc21. The Hall–Kier alpha value is -1.79. The molecule has 0 unspecified atom stereocenters. The van der Waals surface area contributed by atoms with Gasteiger partial charge in [-0.1, -0.05) is 25.0 Å². The molecule has 2 saturated heterocycles. The average molecular weight is 539 g/mol. The number of piperidine rings is 2. The van der Waals surface area contributed by atoms with Crippen molar-refractivity contribution < 1.29 is 25.3 Å². The van der Waals surface area contributed by atoms with Gasteiger partial charge < -0.3 is 0 Å². The van der Waals surface area contributed by atoms with E-state index in [0.717, 1.165) is 38.5 Å². The highest BCUT2D eigenvalue weighted by molar-refractivity contribution is 7.92. The Bertz CT molecular complexity index is 1350. The topological polar surface area (TPSA) is 109 Å². The van der Waals surface area contributed by atoms with Crippen LogP contribution in [0.2, 0.25) is 0 Å². The van der Waals surface area contributed by atoms with E-state index in [0.29, 0.717) is 50.1 Å². The number of sulfone groups is 1. The lowest BCUT2D eigenvalue weighted by atomic mass is 10.0. The van der Waals surface area contributed by atoms with Crippen molar-refractivity contribution in [2.24, 2.45) is 0 Å². The molecule has 2 aromatic carbocycles. The first-order valence-corrected chi connectivity index (χ1v) is 16.5. The molecule has 35 heavy (non-hydrogen) atoms. The Morgan fingerprint density at radius 3 is 1.31 bits per heavy atom. The molecule has 0 saturated carbocycles. The van der Waals surface area contributed by atoms with E-state index in [4.69, 9.17) is 0 Å². The van der Waals surface area contributed by atoms with E-state index < -0.39 is 29.9 Å². The van der Waals surface area contributed by atoms with Gasteiger partial charge in [0.2, 0.25) is 29.9 Å². The van der Waals surface area contributed by atoms with E-state index in [2.05, 4.69) is 0 Å². The van der Waals surface area contributed by atoms with E-state index in [9.17, 15) is 25.3 Å². The molecular formula is C24H30N2O6S3. The van der Waals surface area contributed by atoms with E-state index in [-0.39, 0.29) is 19.6 Å². The number of benzene rings is 2. The fourth-order valence-electron chi connectivity index (χ4n) is 5.20. The molecule has 0 spiro atoms. The standard InChI is InChI=1S/C24H30N2O6S3/c27-33(28)23-17-21(34(29,30)25-13-3-1-4-14-25)11-9-19(23)7-8-20-10-12-22(18-24(20)33)35(31,32)26-15-5-2-6-16-26/h9-12,17-18H,1-8,13-16H2. The van der Waals surface area contributed by atoms with Crippen molar-refractivity contribution in [1.82, 2.24) is 8.61 Å². The van der Waals surface area contributed by atoms with Gasteiger partial charge in [-0.2, -0.15) is 8.61 Å². The second-order valence-electron chi connectivity index (χ2n) is 9.47. The maximum absolute atomic E-state index is 13.8. The molecule has 0 bridgehead atoms. The summed E-state index contributed by atoms with van der Waals surface area (Å²) in [5, 5.41) is 0. The van der Waals surface area contributed by atoms with Gasteiger partial charge in [-0.25, -0.2) is 25.3 Å². The number of hydrogen-bond acceptors (Lipinski definition) is 6. The summed E-state index contributed by atoms with van der Waals surface area (Å²) in [4.78, 5) is -0.187. The van der Waals surface area contributed by atoms with Crippen LogP contribution >= 0.6 is 0 Å². The van der Waals surface area contributed by atoms with Crippen LogP contribution in [0.5, 0.6) is 0 Å². The summed E-state index contributed by atoms with van der Waals surface area (Å²) in [6.45, 7) is 1.69. The molecule has 11 heteroatoms. The summed E-state index contributed by atoms with van der Waals surface area (Å²) in [6.07, 6.45) is 5.92. The fourth-order valence-corrected chi connectivity index (χ4v) is 10.3. The molecule has 3 heterocycles. The van der Waals surface area contributed by atoms with Crippen LogP contribution in [-0.4, -0.2) is 60.0 Å². The van der Waals surface area contributed by atoms with Crippen LogP contribution in [-0.2, 0) is 42.7 Å². The maximum atomic E-state index is 13.8. The van der Waals surface area contributed by atoms with Crippen molar-refractivity contribution >= 4 is 29.9 Å². The van der Waals surface area contributed by atoms with Crippen molar-refractivity contribution in [2.45, 2.75) is 70.9 Å². The average Bonchev–Trinajstić information content (AvgIpc) is 2.98. The summed E-state index contributed by atoms with van der Waals surface area (Å²) in [5.41, 5.74) is 1.08. The zero-order chi connectivity index (χ0) is 24.8. The molecule has 8 nitrogen and oxygen atoms in total. The molecule has 0 atom stereocenters. The number of sulfonamides is 2. The quantitative estimate of drug-likeness (QED) is 0.592. The Morgan fingerprint density at radius 2 is 0.943 bits per heavy atom. The van der Waals surface area contributed by atoms with Crippen molar-refractivity contribution in [1.29, 1.82) is 0 Å². The van der Waals surface area contributed by atoms with Gasteiger partial charge in [-0.05, 0) is 73.9 Å². The van der Waals surface area contributed by atoms with Crippen LogP contribution in [0.1, 0.15) is 49.7 Å². The van der Waals surface area contributed by atoms with Gasteiger partial charge >= 0.3 is 0 Å². The van der Waals surface area contributed by atoms with Crippen LogP contribution in [0.3, 0.4) is 0 Å². The highest BCUT2D eigenvalue weighted by Crippen LogP contribution is 2.36. The molecular weight excluding hydrogens is 508 g/mol. The molecule has 0 amide bonds. The minimum Gasteiger partial charge on any atom is -0.218 e. The molecule has 0 aromatic heterocycles. The van der Waals surface area contributed by atoms with Crippen LogP contribution in [0.4, 0.5) is 0 Å². The lowest BCUT2D eigenvalue weighted by Crippen LogP contribution is -2.35. The van der Waals surface area contributed by atoms with Crippen molar-refractivity contribution in [2.75, 3.05) is 26.2 Å². The molecule has 5 rings (SSSR count). The van der Waals surface area contributed by atoms with Gasteiger partial charge in [-0.15, -0.1) is 0 Å². The van der Waals surface area contributed by atoms with E-state index in [1.807, 2.05) is 0 Å². The third-order valence-electron chi connectivity index (χ3n) is 7.23. The summed E-state index contributed by atoms with van der Waals surface area (Å²) >= 11 is 0. The number of aryl methyl sites for hydroxylation is 2. The maximum Gasteiger partial charge on any atom is 0.243 e. The first-order chi connectivity index (χ1) is 16.6. The smallest absolute Gasteiger partial charge is 0.218 e. The first kappa shape index (κ1) is 24.9. The van der Waals surface area contributed by atoms with Crippen LogP contribution in [0.15, 0.2) is 56.0 Å². The minimum atomic E-state index is -4.13. The van der Waals surface area contributed by atoms with Gasteiger partial charge in [0.15, 0.2) is 0 Å². The van der Waals surface area contributed by atoms with Crippen LogP contribution in [0.25, 0.3) is 0 Å². The number of hydrogen-bond donors (Lipinski definition) is 0. The molecule has 3 aliphatic heterocycles. The molecule has 3 aliphatic rings. The molecule has 0 N–H and O–H groups in total. The van der Waals surface area contributed by atoms with E-state index in [1.165, 1.54) is 32.9 Å². The van der Waals surface area contributed by atoms with Crippen LogP contribution in [0, 0.1) is 0 Å². The second-order valence-corrected chi connectivity index (χ2v) is 15.2. The Labute approximate surface area is 208 Å². The molecule has 190 valence electrons. The summed E-state index contributed by atoms with van der Waals surface area (Å²) in [7, 11) is -11.8. The van der Waals surface area contributed by atoms with Gasteiger partial charge in [0.1, 0.15) is 0 Å². The van der Waals surface area contributed by atoms with Crippen molar-refractivity contribution in [3.05, 3.63) is 47.5 Å². The predicted octanol–water partition coefficient (Wildman–Crippen LogP) is 2.97. The largest absolute Gasteiger partial charge is 0.243 e. The third-order valence-corrected chi connectivity index (χ3v) is 12.9. The first-order valence-electron chi connectivity index (χ1n) is 12.1. The summed E-state index contributed by atoms with van der Waals surface area (Å²) < 4.78 is 83.3. The van der Waals surface area contributed by atoms with Gasteiger partial charge in [-0.3, -0.25) is 0 Å². The van der Waals surface area contributed by atoms with E-state index >= 15 is 0 Å². The predicted molar refractivity (Wildman–Crippen MR) is 131 cm³/mol. The van der Waals surface area contributed by atoms with Crippen molar-refractivity contribution in [3.63, 3.8) is 0 Å². The fraction of sp³-hybridized carbons (Fsp3) is 0.500. The lowest BCUT2D eigenvalue weighted by molar-refractivity contribution is 0.346. The Kier molecular flexibility index (Phi) is 6.58. The Balaban J connectivity index is 1.58. The zero-order valence-corrected chi connectivity index (χ0v) is 22.0. The minimum absolute atomic E-state index is 0.0396.